The third kappa shape index (κ3) is 2.36. The second-order valence-corrected chi connectivity index (χ2v) is 3.74. The van der Waals surface area contributed by atoms with Crippen LogP contribution in [-0.2, 0) is 6.54 Å². The Morgan fingerprint density at radius 3 is 2.50 bits per heavy atom. The van der Waals surface area contributed by atoms with E-state index in [2.05, 4.69) is 0 Å². The molecule has 0 unspecified atom stereocenters. The van der Waals surface area contributed by atoms with Crippen LogP contribution >= 0.6 is 11.8 Å². The lowest BCUT2D eigenvalue weighted by Gasteiger charge is -2.02. The van der Waals surface area contributed by atoms with Gasteiger partial charge in [-0.3, -0.25) is 4.79 Å². The standard InChI is InChI=1S/C8H9NOS.3H2O/c1-6-2-3-7(10)9-4-5-11-8(6)9;;;/h2-3H,4-5H2,1H3;3*1H2. The summed E-state index contributed by atoms with van der Waals surface area (Å²) in [6.45, 7) is 2.92. The number of aryl methyl sites for hydroxylation is 1. The van der Waals surface area contributed by atoms with Crippen molar-refractivity contribution >= 4 is 11.8 Å². The summed E-state index contributed by atoms with van der Waals surface area (Å²) in [5, 5.41) is 1.15. The molecule has 0 radical (unpaired) electrons. The molecule has 0 amide bonds. The SMILES string of the molecule is Cc1ccc(=O)n2c1SCC2.O.O.O. The second-order valence-electron chi connectivity index (χ2n) is 2.66. The number of rotatable bonds is 0. The van der Waals surface area contributed by atoms with E-state index in [0.717, 1.165) is 17.3 Å². The van der Waals surface area contributed by atoms with Gasteiger partial charge in [-0.15, -0.1) is 11.8 Å². The topological polar surface area (TPSA) is 116 Å². The molecule has 0 saturated carbocycles. The lowest BCUT2D eigenvalue weighted by atomic mass is 10.3. The van der Waals surface area contributed by atoms with E-state index in [4.69, 9.17) is 0 Å². The molecule has 82 valence electrons. The Hall–Kier alpha value is -0.820. The summed E-state index contributed by atoms with van der Waals surface area (Å²) in [6, 6.07) is 3.54. The number of hydrogen-bond donors (Lipinski definition) is 0. The molecule has 0 atom stereocenters. The maximum atomic E-state index is 11.2. The van der Waals surface area contributed by atoms with E-state index in [-0.39, 0.29) is 22.0 Å². The summed E-state index contributed by atoms with van der Waals surface area (Å²) in [7, 11) is 0. The summed E-state index contributed by atoms with van der Waals surface area (Å²) in [5.41, 5.74) is 1.35. The first-order chi connectivity index (χ1) is 5.29. The molecule has 0 fully saturated rings. The highest BCUT2D eigenvalue weighted by molar-refractivity contribution is 7.99. The summed E-state index contributed by atoms with van der Waals surface area (Å²) in [5.74, 6) is 1.04. The largest absolute Gasteiger partial charge is 0.412 e. The molecule has 0 aromatic carbocycles. The van der Waals surface area contributed by atoms with Gasteiger partial charge < -0.3 is 21.0 Å². The highest BCUT2D eigenvalue weighted by Gasteiger charge is 2.13. The molecule has 14 heavy (non-hydrogen) atoms. The van der Waals surface area contributed by atoms with E-state index in [1.807, 2.05) is 17.6 Å². The van der Waals surface area contributed by atoms with Crippen molar-refractivity contribution in [2.45, 2.75) is 18.5 Å². The summed E-state index contributed by atoms with van der Waals surface area (Å²) < 4.78 is 1.85. The fourth-order valence-corrected chi connectivity index (χ4v) is 2.41. The molecule has 1 aromatic rings. The van der Waals surface area contributed by atoms with Crippen LogP contribution in [0.3, 0.4) is 0 Å². The molecule has 0 saturated heterocycles. The van der Waals surface area contributed by atoms with Gasteiger partial charge in [-0.05, 0) is 12.5 Å². The molecule has 5 nitrogen and oxygen atoms in total. The van der Waals surface area contributed by atoms with Crippen molar-refractivity contribution < 1.29 is 16.4 Å². The van der Waals surface area contributed by atoms with E-state index in [9.17, 15) is 4.79 Å². The van der Waals surface area contributed by atoms with Gasteiger partial charge in [0.25, 0.3) is 5.56 Å². The van der Waals surface area contributed by atoms with Gasteiger partial charge in [0.2, 0.25) is 0 Å². The number of thioether (sulfide) groups is 1. The number of fused-ring (bicyclic) bond motifs is 1. The van der Waals surface area contributed by atoms with Crippen LogP contribution < -0.4 is 5.56 Å². The van der Waals surface area contributed by atoms with Crippen LogP contribution in [0.15, 0.2) is 22.0 Å². The normalized spacial score (nSPS) is 11.8. The van der Waals surface area contributed by atoms with Gasteiger partial charge in [-0.25, -0.2) is 0 Å². The van der Waals surface area contributed by atoms with E-state index in [1.165, 1.54) is 5.56 Å². The van der Waals surface area contributed by atoms with Crippen molar-refractivity contribution in [1.29, 1.82) is 0 Å². The van der Waals surface area contributed by atoms with Gasteiger partial charge in [-0.1, -0.05) is 6.07 Å². The molecule has 1 aliphatic rings. The molecule has 6 heteroatoms. The van der Waals surface area contributed by atoms with E-state index in [0.29, 0.717) is 0 Å². The lowest BCUT2D eigenvalue weighted by Crippen LogP contribution is -2.17. The summed E-state index contributed by atoms with van der Waals surface area (Å²) in [4.78, 5) is 11.2. The molecular formula is C8H15NO4S. The third-order valence-corrected chi connectivity index (χ3v) is 3.08. The minimum absolute atomic E-state index is 0. The predicted molar refractivity (Wildman–Crippen MR) is 57.0 cm³/mol. The first-order valence-corrected chi connectivity index (χ1v) is 4.61. The van der Waals surface area contributed by atoms with Crippen molar-refractivity contribution in [3.05, 3.63) is 28.0 Å². The number of hydrogen-bond acceptors (Lipinski definition) is 2. The van der Waals surface area contributed by atoms with Crippen molar-refractivity contribution in [1.82, 2.24) is 4.57 Å². The number of aromatic nitrogens is 1. The molecule has 2 rings (SSSR count). The van der Waals surface area contributed by atoms with E-state index in [1.54, 1.807) is 17.8 Å². The number of pyridine rings is 1. The molecule has 6 N–H and O–H groups in total. The molecule has 0 spiro atoms. The van der Waals surface area contributed by atoms with Crippen LogP contribution in [0.5, 0.6) is 0 Å². The zero-order chi connectivity index (χ0) is 7.84. The van der Waals surface area contributed by atoms with Gasteiger partial charge in [0.1, 0.15) is 0 Å². The monoisotopic (exact) mass is 221 g/mol. The smallest absolute Gasteiger partial charge is 0.251 e. The first kappa shape index (κ1) is 15.6. The van der Waals surface area contributed by atoms with E-state index < -0.39 is 0 Å². The Kier molecular flexibility index (Phi) is 6.50. The maximum Gasteiger partial charge on any atom is 0.251 e. The fourth-order valence-electron chi connectivity index (χ4n) is 1.31. The van der Waals surface area contributed by atoms with Gasteiger partial charge in [0.05, 0.1) is 5.03 Å². The Labute approximate surface area is 85.7 Å². The first-order valence-electron chi connectivity index (χ1n) is 3.62. The minimum atomic E-state index is 0. The lowest BCUT2D eigenvalue weighted by molar-refractivity contribution is 0.685. The maximum absolute atomic E-state index is 11.2. The molecule has 0 bridgehead atoms. The third-order valence-electron chi connectivity index (χ3n) is 1.88. The quantitative estimate of drug-likeness (QED) is 0.546. The average molecular weight is 221 g/mol. The zero-order valence-electron chi connectivity index (χ0n) is 7.83. The Balaban J connectivity index is 0. The highest BCUT2D eigenvalue weighted by atomic mass is 32.2. The molecule has 1 aromatic heterocycles. The van der Waals surface area contributed by atoms with Crippen LogP contribution in [-0.4, -0.2) is 26.7 Å². The van der Waals surface area contributed by atoms with E-state index >= 15 is 0 Å². The predicted octanol–water partition coefficient (Wildman–Crippen LogP) is -1.21. The van der Waals surface area contributed by atoms with Gasteiger partial charge in [-0.2, -0.15) is 0 Å². The van der Waals surface area contributed by atoms with Crippen LogP contribution in [0.2, 0.25) is 0 Å². The summed E-state index contributed by atoms with van der Waals surface area (Å²) >= 11 is 1.77. The highest BCUT2D eigenvalue weighted by Crippen LogP contribution is 2.25. The minimum Gasteiger partial charge on any atom is -0.412 e. The number of nitrogens with zero attached hydrogens (tertiary/aromatic N) is 1. The molecule has 1 aliphatic heterocycles. The molecular weight excluding hydrogens is 206 g/mol. The van der Waals surface area contributed by atoms with Crippen LogP contribution in [0, 0.1) is 6.92 Å². The van der Waals surface area contributed by atoms with Crippen molar-refractivity contribution in [3.8, 4) is 0 Å². The zero-order valence-corrected chi connectivity index (χ0v) is 8.65. The van der Waals surface area contributed by atoms with Gasteiger partial charge >= 0.3 is 0 Å². The van der Waals surface area contributed by atoms with Crippen LogP contribution in [0.1, 0.15) is 5.56 Å². The fraction of sp³-hybridized carbons (Fsp3) is 0.375. The second kappa shape index (κ2) is 5.82. The van der Waals surface area contributed by atoms with Crippen molar-refractivity contribution in [2.24, 2.45) is 0 Å². The average Bonchev–Trinajstić information content (AvgIpc) is 2.45. The van der Waals surface area contributed by atoms with Crippen LogP contribution in [0.25, 0.3) is 0 Å². The van der Waals surface area contributed by atoms with Crippen molar-refractivity contribution in [3.63, 3.8) is 0 Å². The Morgan fingerprint density at radius 1 is 1.29 bits per heavy atom. The molecule has 0 aliphatic carbocycles. The van der Waals surface area contributed by atoms with Crippen LogP contribution in [0.4, 0.5) is 0 Å². The van der Waals surface area contributed by atoms with Gasteiger partial charge in [0.15, 0.2) is 0 Å². The summed E-state index contributed by atoms with van der Waals surface area (Å²) in [6.07, 6.45) is 0. The molecule has 2 heterocycles. The Bertz CT molecular complexity index is 350. The van der Waals surface area contributed by atoms with Crippen molar-refractivity contribution in [2.75, 3.05) is 5.75 Å². The Morgan fingerprint density at radius 2 is 1.93 bits per heavy atom. The van der Waals surface area contributed by atoms with Gasteiger partial charge in [0, 0.05) is 18.4 Å².